The van der Waals surface area contributed by atoms with Crippen molar-refractivity contribution in [1.82, 2.24) is 15.0 Å². The van der Waals surface area contributed by atoms with Gasteiger partial charge in [0.2, 0.25) is 0 Å². The molecule has 0 unspecified atom stereocenters. The first-order valence-electron chi connectivity index (χ1n) is 4.39. The summed E-state index contributed by atoms with van der Waals surface area (Å²) in [5, 5.41) is 0.396. The number of aryl methyl sites for hydroxylation is 1. The topological polar surface area (TPSA) is 38.7 Å². The van der Waals surface area contributed by atoms with Crippen molar-refractivity contribution in [3.63, 3.8) is 0 Å². The standard InChI is InChI=1S/C10H6Br2ClN3/c1-5-8(12)9(13)16-10(15-5)7-3-2-6(11)4-14-7/h2-4H,1H3. The van der Waals surface area contributed by atoms with Gasteiger partial charge in [0.15, 0.2) is 5.82 Å². The fourth-order valence-corrected chi connectivity index (χ4v) is 1.78. The number of hydrogen-bond donors (Lipinski definition) is 0. The minimum absolute atomic E-state index is 0.396. The van der Waals surface area contributed by atoms with Gasteiger partial charge >= 0.3 is 0 Å². The molecule has 6 heteroatoms. The number of hydrogen-bond acceptors (Lipinski definition) is 3. The molecule has 0 N–H and O–H groups in total. The van der Waals surface area contributed by atoms with E-state index in [1.165, 1.54) is 0 Å². The molecule has 0 saturated heterocycles. The summed E-state index contributed by atoms with van der Waals surface area (Å²) in [6.07, 6.45) is 1.70. The van der Waals surface area contributed by atoms with Crippen LogP contribution in [0.1, 0.15) is 5.69 Å². The molecule has 0 fully saturated rings. The molecule has 0 saturated carbocycles. The van der Waals surface area contributed by atoms with Crippen molar-refractivity contribution in [3.8, 4) is 11.5 Å². The summed E-state index contributed by atoms with van der Waals surface area (Å²) in [5.41, 5.74) is 1.49. The van der Waals surface area contributed by atoms with Crippen LogP contribution in [0.3, 0.4) is 0 Å². The predicted molar refractivity (Wildman–Crippen MR) is 70.4 cm³/mol. The van der Waals surface area contributed by atoms with Crippen LogP contribution in [0.2, 0.25) is 5.15 Å². The summed E-state index contributed by atoms with van der Waals surface area (Å²) >= 11 is 12.6. The van der Waals surface area contributed by atoms with Gasteiger partial charge < -0.3 is 0 Å². The van der Waals surface area contributed by atoms with Crippen LogP contribution in [0.15, 0.2) is 27.3 Å². The zero-order valence-electron chi connectivity index (χ0n) is 8.21. The Morgan fingerprint density at radius 3 is 2.50 bits per heavy atom. The van der Waals surface area contributed by atoms with E-state index in [0.29, 0.717) is 16.7 Å². The van der Waals surface area contributed by atoms with Crippen LogP contribution in [0.4, 0.5) is 0 Å². The third-order valence-electron chi connectivity index (χ3n) is 1.93. The fourth-order valence-electron chi connectivity index (χ4n) is 1.15. The zero-order valence-corrected chi connectivity index (χ0v) is 12.1. The quantitative estimate of drug-likeness (QED) is 0.718. The van der Waals surface area contributed by atoms with Crippen LogP contribution < -0.4 is 0 Å². The Labute approximate surface area is 115 Å². The Morgan fingerprint density at radius 1 is 1.19 bits per heavy atom. The highest BCUT2D eigenvalue weighted by Crippen LogP contribution is 2.25. The molecule has 0 amide bonds. The summed E-state index contributed by atoms with van der Waals surface area (Å²) in [4.78, 5) is 12.7. The van der Waals surface area contributed by atoms with Crippen molar-refractivity contribution < 1.29 is 0 Å². The van der Waals surface area contributed by atoms with Crippen molar-refractivity contribution in [1.29, 1.82) is 0 Å². The molecule has 0 aliphatic heterocycles. The van der Waals surface area contributed by atoms with Crippen LogP contribution in [0, 0.1) is 6.92 Å². The van der Waals surface area contributed by atoms with E-state index in [0.717, 1.165) is 14.6 Å². The molecule has 2 aromatic rings. The second kappa shape index (κ2) is 4.77. The minimum atomic E-state index is 0.396. The maximum Gasteiger partial charge on any atom is 0.179 e. The number of aromatic nitrogens is 3. The molecule has 0 bridgehead atoms. The molecule has 3 nitrogen and oxygen atoms in total. The number of halogens is 3. The van der Waals surface area contributed by atoms with Gasteiger partial charge in [0.1, 0.15) is 10.8 Å². The smallest absolute Gasteiger partial charge is 0.179 e. The van der Waals surface area contributed by atoms with Crippen LogP contribution >= 0.6 is 43.5 Å². The largest absolute Gasteiger partial charge is 0.252 e. The average Bonchev–Trinajstić information content (AvgIpc) is 2.26. The average molecular weight is 363 g/mol. The highest BCUT2D eigenvalue weighted by molar-refractivity contribution is 9.10. The molecule has 2 aromatic heterocycles. The molecule has 0 aliphatic rings. The summed E-state index contributed by atoms with van der Waals surface area (Å²) in [6.45, 7) is 1.86. The molecule has 2 rings (SSSR count). The van der Waals surface area contributed by atoms with E-state index < -0.39 is 0 Å². The van der Waals surface area contributed by atoms with Crippen LogP contribution in [0.5, 0.6) is 0 Å². The molecule has 0 spiro atoms. The van der Waals surface area contributed by atoms with E-state index in [1.807, 2.05) is 19.1 Å². The summed E-state index contributed by atoms with van der Waals surface area (Å²) < 4.78 is 1.63. The SMILES string of the molecule is Cc1nc(-c2ccc(Br)cn2)nc(Cl)c1Br. The maximum absolute atomic E-state index is 5.97. The first-order valence-corrected chi connectivity index (χ1v) is 6.36. The molecule has 0 radical (unpaired) electrons. The normalized spacial score (nSPS) is 10.5. The lowest BCUT2D eigenvalue weighted by molar-refractivity contribution is 1.07. The van der Waals surface area contributed by atoms with Crippen molar-refractivity contribution in [2.75, 3.05) is 0 Å². The molecule has 0 atom stereocenters. The Morgan fingerprint density at radius 2 is 1.94 bits per heavy atom. The second-order valence-electron chi connectivity index (χ2n) is 3.10. The van der Waals surface area contributed by atoms with Crippen LogP contribution in [-0.4, -0.2) is 15.0 Å². The molecule has 16 heavy (non-hydrogen) atoms. The Hall–Kier alpha value is -0.520. The van der Waals surface area contributed by atoms with Crippen LogP contribution in [-0.2, 0) is 0 Å². The van der Waals surface area contributed by atoms with Crippen molar-refractivity contribution >= 4 is 43.5 Å². The number of pyridine rings is 1. The third kappa shape index (κ3) is 2.42. The van der Waals surface area contributed by atoms with Gasteiger partial charge in [0.25, 0.3) is 0 Å². The summed E-state index contributed by atoms with van der Waals surface area (Å²) in [7, 11) is 0. The fraction of sp³-hybridized carbons (Fsp3) is 0.100. The lowest BCUT2D eigenvalue weighted by Crippen LogP contribution is -1.95. The van der Waals surface area contributed by atoms with Gasteiger partial charge in [-0.15, -0.1) is 0 Å². The van der Waals surface area contributed by atoms with Crippen molar-refractivity contribution in [3.05, 3.63) is 38.1 Å². The molecule has 82 valence electrons. The van der Waals surface area contributed by atoms with Crippen molar-refractivity contribution in [2.45, 2.75) is 6.92 Å². The van der Waals surface area contributed by atoms with Gasteiger partial charge in [-0.2, -0.15) is 0 Å². The second-order valence-corrected chi connectivity index (χ2v) is 5.17. The summed E-state index contributed by atoms with van der Waals surface area (Å²) in [6, 6.07) is 3.72. The first kappa shape index (κ1) is 12.0. The molecule has 0 aliphatic carbocycles. The third-order valence-corrected chi connectivity index (χ3v) is 3.85. The van der Waals surface area contributed by atoms with E-state index >= 15 is 0 Å². The van der Waals surface area contributed by atoms with E-state index in [2.05, 4.69) is 46.8 Å². The Bertz CT molecular complexity index is 505. The van der Waals surface area contributed by atoms with E-state index in [1.54, 1.807) is 6.20 Å². The van der Waals surface area contributed by atoms with Gasteiger partial charge in [-0.1, -0.05) is 11.6 Å². The van der Waals surface area contributed by atoms with Gasteiger partial charge in [0.05, 0.1) is 10.2 Å². The van der Waals surface area contributed by atoms with Gasteiger partial charge in [0, 0.05) is 10.7 Å². The molecule has 0 aromatic carbocycles. The predicted octanol–water partition coefficient (Wildman–Crippen LogP) is 4.03. The van der Waals surface area contributed by atoms with Gasteiger partial charge in [-0.25, -0.2) is 9.97 Å². The first-order chi connectivity index (χ1) is 7.58. The Balaban J connectivity index is 2.52. The minimum Gasteiger partial charge on any atom is -0.252 e. The number of nitrogens with zero attached hydrogens (tertiary/aromatic N) is 3. The monoisotopic (exact) mass is 361 g/mol. The molecular weight excluding hydrogens is 357 g/mol. The molecular formula is C10H6Br2ClN3. The lowest BCUT2D eigenvalue weighted by atomic mass is 10.3. The van der Waals surface area contributed by atoms with E-state index in [-0.39, 0.29) is 0 Å². The van der Waals surface area contributed by atoms with Crippen LogP contribution in [0.25, 0.3) is 11.5 Å². The van der Waals surface area contributed by atoms with Gasteiger partial charge in [-0.3, -0.25) is 4.98 Å². The molecule has 2 heterocycles. The summed E-state index contributed by atoms with van der Waals surface area (Å²) in [5.74, 6) is 0.526. The maximum atomic E-state index is 5.97. The highest BCUT2D eigenvalue weighted by atomic mass is 79.9. The zero-order chi connectivity index (χ0) is 11.7. The number of rotatable bonds is 1. The van der Waals surface area contributed by atoms with E-state index in [4.69, 9.17) is 11.6 Å². The van der Waals surface area contributed by atoms with Crippen molar-refractivity contribution in [2.24, 2.45) is 0 Å². The highest BCUT2D eigenvalue weighted by Gasteiger charge is 2.09. The lowest BCUT2D eigenvalue weighted by Gasteiger charge is -2.04. The van der Waals surface area contributed by atoms with E-state index in [9.17, 15) is 0 Å². The van der Waals surface area contributed by atoms with Gasteiger partial charge in [-0.05, 0) is 50.9 Å². The Kier molecular flexibility index (Phi) is 3.56.